The van der Waals surface area contributed by atoms with Gasteiger partial charge in [0.25, 0.3) is 0 Å². The van der Waals surface area contributed by atoms with Crippen molar-refractivity contribution in [3.05, 3.63) is 0 Å². The summed E-state index contributed by atoms with van der Waals surface area (Å²) in [6, 6.07) is 0. The lowest BCUT2D eigenvalue weighted by molar-refractivity contribution is -0.579. The highest BCUT2D eigenvalue weighted by Gasteiger charge is 3.02. The predicted octanol–water partition coefficient (Wildman–Crippen LogP) is 5.14. The fourth-order valence-corrected chi connectivity index (χ4v) is 3.03. The summed E-state index contributed by atoms with van der Waals surface area (Å²) in [5, 5.41) is 9.38. The predicted molar refractivity (Wildman–Crippen MR) is 75.4 cm³/mol. The molecule has 1 rings (SSSR count). The van der Waals surface area contributed by atoms with Crippen molar-refractivity contribution in [2.24, 2.45) is 5.92 Å². The maximum Gasteiger partial charge on any atom is 0.449 e. The number of rotatable bonds is 4. The second-order valence-electron chi connectivity index (χ2n) is 6.98. The van der Waals surface area contributed by atoms with Crippen LogP contribution in [0.5, 0.6) is 0 Å². The smallest absolute Gasteiger partial charge is 0.436 e. The van der Waals surface area contributed by atoms with Crippen LogP contribution < -0.4 is 0 Å². The van der Waals surface area contributed by atoms with Gasteiger partial charge in [-0.2, -0.15) is 57.1 Å². The van der Waals surface area contributed by atoms with Crippen LogP contribution >= 0.6 is 0 Å². The monoisotopic (exact) mass is 506 g/mol. The second-order valence-corrected chi connectivity index (χ2v) is 6.98. The molecule has 0 saturated carbocycles. The van der Waals surface area contributed by atoms with Crippen LogP contribution in [0.4, 0.5) is 57.1 Å². The Morgan fingerprint density at radius 1 is 0.875 bits per heavy atom. The molecule has 0 spiro atoms. The van der Waals surface area contributed by atoms with Crippen molar-refractivity contribution in [3.63, 3.8) is 0 Å². The number of hydrogen-bond donors (Lipinski definition) is 1. The lowest BCUT2D eigenvalue weighted by Crippen LogP contribution is -2.91. The number of carbonyl (C=O) groups is 1. The van der Waals surface area contributed by atoms with Gasteiger partial charge in [0.1, 0.15) is 0 Å². The van der Waals surface area contributed by atoms with Crippen LogP contribution in [0.15, 0.2) is 0 Å². The quantitative estimate of drug-likeness (QED) is 0.424. The van der Waals surface area contributed by atoms with E-state index in [-0.39, 0.29) is 6.92 Å². The summed E-state index contributed by atoms with van der Waals surface area (Å²) < 4.78 is 187. The van der Waals surface area contributed by atoms with Gasteiger partial charge in [-0.3, -0.25) is 4.79 Å². The Bertz CT molecular complexity index is 728. The highest BCUT2D eigenvalue weighted by Crippen LogP contribution is 2.70. The van der Waals surface area contributed by atoms with Crippen molar-refractivity contribution in [2.75, 3.05) is 0 Å². The second kappa shape index (κ2) is 7.50. The summed E-state index contributed by atoms with van der Waals surface area (Å²) in [5.41, 5.74) is -13.2. The SMILES string of the molecule is CCC(C)C(=O)OC1(C(F)(F)F)C(F)(F)C(O)(C(F)(F)F)OC(CC)(C(F)(F)F)C1(F)F. The van der Waals surface area contributed by atoms with Crippen molar-refractivity contribution in [1.29, 1.82) is 0 Å². The molecule has 0 bridgehead atoms. The summed E-state index contributed by atoms with van der Waals surface area (Å²) in [6.07, 6.45) is -24.7. The van der Waals surface area contributed by atoms with Gasteiger partial charge in [0.2, 0.25) is 5.60 Å². The lowest BCUT2D eigenvalue weighted by Gasteiger charge is -2.60. The number of esters is 1. The highest BCUT2D eigenvalue weighted by molar-refractivity contribution is 5.73. The number of aliphatic hydroxyl groups is 1. The van der Waals surface area contributed by atoms with E-state index in [1.807, 2.05) is 0 Å². The fourth-order valence-electron chi connectivity index (χ4n) is 3.03. The summed E-state index contributed by atoms with van der Waals surface area (Å²) in [4.78, 5) is 11.8. The minimum atomic E-state index is -7.49. The molecule has 0 amide bonds. The molecule has 190 valence electrons. The van der Waals surface area contributed by atoms with Crippen molar-refractivity contribution in [3.8, 4) is 0 Å². The minimum Gasteiger partial charge on any atom is -0.436 e. The first kappa shape index (κ1) is 28.5. The van der Waals surface area contributed by atoms with Gasteiger partial charge in [0, 0.05) is 0 Å². The Labute approximate surface area is 170 Å². The van der Waals surface area contributed by atoms with E-state index in [4.69, 9.17) is 0 Å². The van der Waals surface area contributed by atoms with E-state index >= 15 is 0 Å². The molecule has 1 saturated heterocycles. The average molecular weight is 506 g/mol. The van der Waals surface area contributed by atoms with E-state index in [0.29, 0.717) is 6.92 Å². The summed E-state index contributed by atoms with van der Waals surface area (Å²) in [6.45, 7) is 1.55. The van der Waals surface area contributed by atoms with Crippen LogP contribution in [0.3, 0.4) is 0 Å². The molecular weight excluding hydrogens is 491 g/mol. The molecule has 1 fully saturated rings. The Kier molecular flexibility index (Phi) is 6.68. The zero-order valence-corrected chi connectivity index (χ0v) is 16.1. The van der Waals surface area contributed by atoms with Crippen LogP contribution in [-0.2, 0) is 14.3 Å². The molecule has 17 heteroatoms. The molecule has 1 aliphatic heterocycles. The third kappa shape index (κ3) is 3.24. The molecule has 32 heavy (non-hydrogen) atoms. The van der Waals surface area contributed by atoms with Gasteiger partial charge in [-0.15, -0.1) is 0 Å². The highest BCUT2D eigenvalue weighted by atomic mass is 19.4. The van der Waals surface area contributed by atoms with E-state index in [0.717, 1.165) is 6.92 Å². The molecule has 4 nitrogen and oxygen atoms in total. The molecule has 0 aromatic carbocycles. The van der Waals surface area contributed by atoms with Gasteiger partial charge in [-0.05, 0) is 12.8 Å². The Morgan fingerprint density at radius 2 is 1.31 bits per heavy atom. The van der Waals surface area contributed by atoms with Crippen LogP contribution in [0.25, 0.3) is 0 Å². The van der Waals surface area contributed by atoms with Crippen molar-refractivity contribution in [2.45, 2.75) is 81.0 Å². The molecule has 1 heterocycles. The van der Waals surface area contributed by atoms with Gasteiger partial charge in [-0.1, -0.05) is 20.8 Å². The van der Waals surface area contributed by atoms with Gasteiger partial charge >= 0.3 is 47.7 Å². The van der Waals surface area contributed by atoms with Crippen LogP contribution in [-0.4, -0.2) is 58.4 Å². The molecule has 0 aromatic heterocycles. The molecular formula is C15H15F13O4. The number of carbonyl (C=O) groups excluding carboxylic acids is 1. The van der Waals surface area contributed by atoms with E-state index in [1.165, 1.54) is 0 Å². The van der Waals surface area contributed by atoms with Gasteiger partial charge < -0.3 is 14.6 Å². The van der Waals surface area contributed by atoms with Gasteiger partial charge in [0.05, 0.1) is 5.92 Å². The van der Waals surface area contributed by atoms with Crippen molar-refractivity contribution in [1.82, 2.24) is 0 Å². The summed E-state index contributed by atoms with van der Waals surface area (Å²) in [5.74, 6) is -25.9. The topological polar surface area (TPSA) is 55.8 Å². The van der Waals surface area contributed by atoms with Crippen molar-refractivity contribution >= 4 is 5.97 Å². The number of hydrogen-bond acceptors (Lipinski definition) is 4. The molecule has 4 unspecified atom stereocenters. The first-order valence-corrected chi connectivity index (χ1v) is 8.49. The molecule has 0 aliphatic carbocycles. The number of ether oxygens (including phenoxy) is 2. The summed E-state index contributed by atoms with van der Waals surface area (Å²) >= 11 is 0. The molecule has 1 aliphatic rings. The first-order chi connectivity index (χ1) is 13.9. The molecule has 0 radical (unpaired) electrons. The zero-order valence-electron chi connectivity index (χ0n) is 16.1. The van der Waals surface area contributed by atoms with Crippen LogP contribution in [0.1, 0.15) is 33.6 Å². The van der Waals surface area contributed by atoms with E-state index in [9.17, 15) is 67.0 Å². The minimum absolute atomic E-state index is 0.0563. The number of alkyl halides is 13. The van der Waals surface area contributed by atoms with Gasteiger partial charge in [0.15, 0.2) is 0 Å². The Morgan fingerprint density at radius 3 is 1.59 bits per heavy atom. The standard InChI is InChI=1S/C15H15F13O4/c1-4-6(3)7(29)31-9(14(23,24)25)10(16,17)8(5-2,13(20,21)22)32-12(30,11(9,18)19)15(26,27)28/h6,30H,4-5H2,1-3H3. The third-order valence-corrected chi connectivity index (χ3v) is 5.15. The summed E-state index contributed by atoms with van der Waals surface area (Å²) in [7, 11) is 0. The maximum atomic E-state index is 15.0. The fraction of sp³-hybridized carbons (Fsp3) is 0.933. The molecule has 0 aromatic rings. The van der Waals surface area contributed by atoms with E-state index in [1.54, 1.807) is 0 Å². The number of halogens is 13. The normalized spacial score (nSPS) is 34.2. The average Bonchev–Trinajstić information content (AvgIpc) is 2.57. The third-order valence-electron chi connectivity index (χ3n) is 5.15. The van der Waals surface area contributed by atoms with Crippen molar-refractivity contribution < 1.29 is 76.5 Å². The molecule has 1 N–H and O–H groups in total. The maximum absolute atomic E-state index is 15.0. The Balaban J connectivity index is 4.32. The van der Waals surface area contributed by atoms with E-state index in [2.05, 4.69) is 9.47 Å². The van der Waals surface area contributed by atoms with Gasteiger partial charge in [-0.25, -0.2) is 0 Å². The molecule has 4 atom stereocenters. The largest absolute Gasteiger partial charge is 0.449 e. The Hall–Kier alpha value is -1.52. The van der Waals surface area contributed by atoms with Crippen LogP contribution in [0, 0.1) is 5.92 Å². The zero-order chi connectivity index (χ0) is 26.0. The van der Waals surface area contributed by atoms with Crippen LogP contribution in [0.2, 0.25) is 0 Å². The lowest BCUT2D eigenvalue weighted by atomic mass is 9.69. The van der Waals surface area contributed by atoms with E-state index < -0.39 is 72.1 Å². The first-order valence-electron chi connectivity index (χ1n) is 8.49.